The van der Waals surface area contributed by atoms with Crippen molar-refractivity contribution in [1.82, 2.24) is 0 Å². The molecule has 0 rings (SSSR count). The molecule has 0 unspecified atom stereocenters. The van der Waals surface area contributed by atoms with Crippen LogP contribution in [-0.2, 0) is 0 Å². The van der Waals surface area contributed by atoms with E-state index in [1.165, 1.54) is 12.8 Å². The van der Waals surface area contributed by atoms with Crippen LogP contribution in [0.3, 0.4) is 0 Å². The minimum absolute atomic E-state index is 0. The van der Waals surface area contributed by atoms with Gasteiger partial charge in [0.2, 0.25) is 0 Å². The monoisotopic (exact) mass is 159 g/mol. The van der Waals surface area contributed by atoms with Gasteiger partial charge in [0, 0.05) is 5.33 Å². The molecule has 0 aromatic carbocycles. The van der Waals surface area contributed by atoms with Crippen LogP contribution in [0.25, 0.3) is 0 Å². The van der Waals surface area contributed by atoms with Gasteiger partial charge in [0.15, 0.2) is 0 Å². The Kier molecular flexibility index (Phi) is 16.9. The van der Waals surface area contributed by atoms with Gasteiger partial charge in [-0.3, -0.25) is 0 Å². The number of halogens is 1. The molecule has 0 radical (unpaired) electrons. The standard InChI is InChI=1S/C4H9Br.Na/c1-2-3-4-5;/h2-4H2,1H3;/q;+1. The summed E-state index contributed by atoms with van der Waals surface area (Å²) >= 11 is 3.31. The Labute approximate surface area is 70.1 Å². The number of alkyl halides is 1. The van der Waals surface area contributed by atoms with E-state index in [4.69, 9.17) is 0 Å². The second-order valence-electron chi connectivity index (χ2n) is 1.04. The van der Waals surface area contributed by atoms with Crippen molar-refractivity contribution in [2.45, 2.75) is 19.8 Å². The molecule has 0 aromatic rings. The molecule has 32 valence electrons. The van der Waals surface area contributed by atoms with Gasteiger partial charge in [0.1, 0.15) is 0 Å². The van der Waals surface area contributed by atoms with E-state index in [2.05, 4.69) is 22.9 Å². The van der Waals surface area contributed by atoms with Gasteiger partial charge in [0.25, 0.3) is 0 Å². The van der Waals surface area contributed by atoms with Gasteiger partial charge in [-0.15, -0.1) is 0 Å². The van der Waals surface area contributed by atoms with Gasteiger partial charge in [-0.1, -0.05) is 29.3 Å². The Morgan fingerprint density at radius 1 is 1.50 bits per heavy atom. The number of hydrogen-bond acceptors (Lipinski definition) is 0. The minimum Gasteiger partial charge on any atom is -0.0928 e. The van der Waals surface area contributed by atoms with Crippen molar-refractivity contribution in [3.63, 3.8) is 0 Å². The average molecular weight is 160 g/mol. The maximum Gasteiger partial charge on any atom is 1.00 e. The zero-order valence-corrected chi connectivity index (χ0v) is 8.09. The van der Waals surface area contributed by atoms with Crippen LogP contribution in [0.5, 0.6) is 0 Å². The van der Waals surface area contributed by atoms with Crippen molar-refractivity contribution in [1.29, 1.82) is 0 Å². The van der Waals surface area contributed by atoms with E-state index in [1.54, 1.807) is 0 Å². The van der Waals surface area contributed by atoms with E-state index in [0.29, 0.717) is 0 Å². The van der Waals surface area contributed by atoms with Crippen molar-refractivity contribution >= 4 is 15.9 Å². The molecule has 0 saturated carbocycles. The Hall–Kier alpha value is 1.48. The van der Waals surface area contributed by atoms with Crippen molar-refractivity contribution in [3.05, 3.63) is 0 Å². The Bertz CT molecular complexity index is 15.0. The Morgan fingerprint density at radius 2 is 2.00 bits per heavy atom. The van der Waals surface area contributed by atoms with Crippen LogP contribution in [0.15, 0.2) is 0 Å². The molecule has 0 aliphatic heterocycles. The summed E-state index contributed by atoms with van der Waals surface area (Å²) in [6.45, 7) is 2.18. The summed E-state index contributed by atoms with van der Waals surface area (Å²) in [5.41, 5.74) is 0. The van der Waals surface area contributed by atoms with Crippen molar-refractivity contribution in [2.24, 2.45) is 0 Å². The molecule has 0 aromatic heterocycles. The van der Waals surface area contributed by atoms with E-state index in [0.717, 1.165) is 5.33 Å². The second kappa shape index (κ2) is 9.70. The Balaban J connectivity index is 0. The third-order valence-electron chi connectivity index (χ3n) is 0.487. The second-order valence-corrected chi connectivity index (χ2v) is 1.84. The quantitative estimate of drug-likeness (QED) is 0.366. The maximum atomic E-state index is 3.31. The molecule has 0 heterocycles. The first-order valence-electron chi connectivity index (χ1n) is 1.97. The zero-order valence-electron chi connectivity index (χ0n) is 4.50. The number of hydrogen-bond donors (Lipinski definition) is 0. The molecule has 6 heavy (non-hydrogen) atoms. The SMILES string of the molecule is CCCCBr.[Na+]. The van der Waals surface area contributed by atoms with Gasteiger partial charge >= 0.3 is 29.6 Å². The predicted molar refractivity (Wildman–Crippen MR) is 28.7 cm³/mol. The summed E-state index contributed by atoms with van der Waals surface area (Å²) in [5.74, 6) is 0. The summed E-state index contributed by atoms with van der Waals surface area (Å²) in [6, 6.07) is 0. The molecule has 0 aliphatic rings. The van der Waals surface area contributed by atoms with Crippen molar-refractivity contribution < 1.29 is 29.6 Å². The maximum absolute atomic E-state index is 3.31. The van der Waals surface area contributed by atoms with Crippen LogP contribution in [-0.4, -0.2) is 5.33 Å². The van der Waals surface area contributed by atoms with Crippen LogP contribution < -0.4 is 29.6 Å². The van der Waals surface area contributed by atoms with Crippen LogP contribution in [0.2, 0.25) is 0 Å². The molecule has 0 bridgehead atoms. The fraction of sp³-hybridized carbons (Fsp3) is 1.00. The number of rotatable bonds is 2. The van der Waals surface area contributed by atoms with Gasteiger partial charge in [-0.2, -0.15) is 0 Å². The third-order valence-corrected chi connectivity index (χ3v) is 1.05. The molecular weight excluding hydrogens is 151 g/mol. The summed E-state index contributed by atoms with van der Waals surface area (Å²) in [4.78, 5) is 0. The zero-order chi connectivity index (χ0) is 4.12. The van der Waals surface area contributed by atoms with Gasteiger partial charge in [-0.05, 0) is 6.42 Å². The molecule has 0 atom stereocenters. The van der Waals surface area contributed by atoms with E-state index in [-0.39, 0.29) is 29.6 Å². The smallest absolute Gasteiger partial charge is 0.0928 e. The molecule has 0 spiro atoms. The van der Waals surface area contributed by atoms with Crippen LogP contribution >= 0.6 is 15.9 Å². The van der Waals surface area contributed by atoms with E-state index in [1.807, 2.05) is 0 Å². The summed E-state index contributed by atoms with van der Waals surface area (Å²) < 4.78 is 0. The molecule has 0 saturated heterocycles. The number of unbranched alkanes of at least 4 members (excludes halogenated alkanes) is 1. The molecule has 0 nitrogen and oxygen atoms in total. The largest absolute Gasteiger partial charge is 1.00 e. The fourth-order valence-electron chi connectivity index (χ4n) is 0.134. The molecule has 2 heteroatoms. The molecule has 0 N–H and O–H groups in total. The van der Waals surface area contributed by atoms with Crippen LogP contribution in [0.1, 0.15) is 19.8 Å². The first-order chi connectivity index (χ1) is 2.41. The van der Waals surface area contributed by atoms with E-state index < -0.39 is 0 Å². The molecular formula is C4H9BrNa+. The van der Waals surface area contributed by atoms with Crippen LogP contribution in [0, 0.1) is 0 Å². The van der Waals surface area contributed by atoms with Gasteiger partial charge < -0.3 is 0 Å². The van der Waals surface area contributed by atoms with Gasteiger partial charge in [-0.25, -0.2) is 0 Å². The van der Waals surface area contributed by atoms with Crippen molar-refractivity contribution in [2.75, 3.05) is 5.33 Å². The first-order valence-corrected chi connectivity index (χ1v) is 3.10. The minimum atomic E-state index is 0. The average Bonchev–Trinajstić information content (AvgIpc) is 1.41. The third kappa shape index (κ3) is 9.08. The fourth-order valence-corrected chi connectivity index (χ4v) is 0.694. The van der Waals surface area contributed by atoms with E-state index >= 15 is 0 Å². The van der Waals surface area contributed by atoms with Crippen molar-refractivity contribution in [3.8, 4) is 0 Å². The van der Waals surface area contributed by atoms with Crippen LogP contribution in [0.4, 0.5) is 0 Å². The topological polar surface area (TPSA) is 0 Å². The molecule has 0 fully saturated rings. The molecule has 0 aliphatic carbocycles. The Morgan fingerprint density at radius 3 is 2.00 bits per heavy atom. The normalized spacial score (nSPS) is 7.00. The summed E-state index contributed by atoms with van der Waals surface area (Å²) in [5, 5.41) is 1.16. The van der Waals surface area contributed by atoms with Gasteiger partial charge in [0.05, 0.1) is 0 Å². The summed E-state index contributed by atoms with van der Waals surface area (Å²) in [7, 11) is 0. The molecule has 0 amide bonds. The predicted octanol–water partition coefficient (Wildman–Crippen LogP) is -0.815. The first kappa shape index (κ1) is 10.5. The summed E-state index contributed by atoms with van der Waals surface area (Å²) in [6.07, 6.45) is 2.60. The van der Waals surface area contributed by atoms with E-state index in [9.17, 15) is 0 Å².